The number of likely N-dealkylation sites (N-methyl/N-ethyl adjacent to an activating group) is 2. The van der Waals surface area contributed by atoms with Crippen LogP contribution in [-0.4, -0.2) is 66.5 Å². The molecule has 0 aliphatic carbocycles. The van der Waals surface area contributed by atoms with Crippen molar-refractivity contribution in [3.8, 4) is 0 Å². The van der Waals surface area contributed by atoms with Gasteiger partial charge in [0.15, 0.2) is 0 Å². The zero-order valence-corrected chi connectivity index (χ0v) is 13.0. The van der Waals surface area contributed by atoms with Crippen LogP contribution in [0.3, 0.4) is 0 Å². The second-order valence-corrected chi connectivity index (χ2v) is 5.63. The lowest BCUT2D eigenvalue weighted by atomic mass is 9.75. The predicted octanol–water partition coefficient (Wildman–Crippen LogP) is 0.751. The van der Waals surface area contributed by atoms with Crippen molar-refractivity contribution < 1.29 is 19.5 Å². The van der Waals surface area contributed by atoms with E-state index in [0.29, 0.717) is 32.4 Å². The van der Waals surface area contributed by atoms with Crippen molar-refractivity contribution in [2.24, 2.45) is 5.41 Å². The number of carbonyl (C=O) groups excluding carboxylic acids is 2. The summed E-state index contributed by atoms with van der Waals surface area (Å²) in [6.07, 6.45) is 2.39. The average Bonchev–Trinajstić information content (AvgIpc) is 2.47. The molecule has 7 nitrogen and oxygen atoms in total. The van der Waals surface area contributed by atoms with Crippen LogP contribution in [0.4, 0.5) is 4.79 Å². The van der Waals surface area contributed by atoms with E-state index in [1.165, 1.54) is 11.9 Å². The molecule has 2 N–H and O–H groups in total. The van der Waals surface area contributed by atoms with E-state index in [1.807, 2.05) is 6.92 Å². The smallest absolute Gasteiger partial charge is 0.320 e. The first-order valence-electron chi connectivity index (χ1n) is 7.30. The molecular weight excluding hydrogens is 274 g/mol. The molecule has 0 aromatic heterocycles. The molecule has 1 heterocycles. The zero-order valence-electron chi connectivity index (χ0n) is 13.0. The third-order valence-corrected chi connectivity index (χ3v) is 4.16. The first kappa shape index (κ1) is 17.3. The minimum absolute atomic E-state index is 0.00483. The second-order valence-electron chi connectivity index (χ2n) is 5.63. The molecule has 0 aromatic rings. The number of hydrogen-bond acceptors (Lipinski definition) is 3. The van der Waals surface area contributed by atoms with Gasteiger partial charge in [0.1, 0.15) is 6.54 Å². The summed E-state index contributed by atoms with van der Waals surface area (Å²) in [5.41, 5.74) is -0.703. The Kier molecular flexibility index (Phi) is 5.99. The summed E-state index contributed by atoms with van der Waals surface area (Å²) in [7, 11) is 3.09. The first-order valence-corrected chi connectivity index (χ1v) is 7.30. The molecule has 3 amide bonds. The molecule has 0 unspecified atom stereocenters. The van der Waals surface area contributed by atoms with E-state index >= 15 is 0 Å². The maximum Gasteiger partial charge on any atom is 0.320 e. The van der Waals surface area contributed by atoms with E-state index in [9.17, 15) is 19.5 Å². The molecule has 0 saturated carbocycles. The number of carboxylic acid groups (broad SMARTS) is 1. The van der Waals surface area contributed by atoms with Gasteiger partial charge in [-0.3, -0.25) is 9.59 Å². The Balaban J connectivity index is 2.61. The topological polar surface area (TPSA) is 90.0 Å². The van der Waals surface area contributed by atoms with Crippen LogP contribution in [0.15, 0.2) is 0 Å². The molecule has 21 heavy (non-hydrogen) atoms. The van der Waals surface area contributed by atoms with Crippen LogP contribution in [0.2, 0.25) is 0 Å². The van der Waals surface area contributed by atoms with Gasteiger partial charge in [-0.05, 0) is 19.3 Å². The maximum absolute atomic E-state index is 12.2. The van der Waals surface area contributed by atoms with E-state index in [0.717, 1.165) is 6.42 Å². The lowest BCUT2D eigenvalue weighted by Crippen LogP contribution is -2.51. The number of nitrogens with zero attached hydrogens (tertiary/aromatic N) is 2. The lowest BCUT2D eigenvalue weighted by Gasteiger charge is -2.40. The van der Waals surface area contributed by atoms with E-state index in [-0.39, 0.29) is 18.5 Å². The van der Waals surface area contributed by atoms with Crippen LogP contribution >= 0.6 is 0 Å². The van der Waals surface area contributed by atoms with Crippen molar-refractivity contribution in [1.29, 1.82) is 0 Å². The van der Waals surface area contributed by atoms with Crippen LogP contribution in [0.25, 0.3) is 0 Å². The molecule has 1 fully saturated rings. The molecule has 0 atom stereocenters. The number of aliphatic carboxylic acids is 1. The molecular formula is C14H25N3O4. The van der Waals surface area contributed by atoms with Crippen molar-refractivity contribution in [2.45, 2.75) is 32.6 Å². The molecule has 7 heteroatoms. The molecule has 0 aromatic carbocycles. The van der Waals surface area contributed by atoms with Crippen LogP contribution in [0.1, 0.15) is 32.6 Å². The molecule has 1 aliphatic rings. The molecule has 120 valence electrons. The highest BCUT2D eigenvalue weighted by molar-refractivity contribution is 5.84. The quantitative estimate of drug-likeness (QED) is 0.784. The highest BCUT2D eigenvalue weighted by Crippen LogP contribution is 2.36. The summed E-state index contributed by atoms with van der Waals surface area (Å²) in [4.78, 5) is 38.0. The number of carboxylic acids is 1. The number of hydrogen-bond donors (Lipinski definition) is 2. The minimum atomic E-state index is -0.768. The summed E-state index contributed by atoms with van der Waals surface area (Å²) in [5.74, 6) is -0.996. The van der Waals surface area contributed by atoms with Gasteiger partial charge < -0.3 is 20.2 Å². The van der Waals surface area contributed by atoms with Crippen LogP contribution in [0, 0.1) is 5.41 Å². The summed E-state index contributed by atoms with van der Waals surface area (Å²) in [5, 5.41) is 11.9. The van der Waals surface area contributed by atoms with Crippen LogP contribution in [0.5, 0.6) is 0 Å². The molecule has 1 rings (SSSR count). The van der Waals surface area contributed by atoms with Gasteiger partial charge in [-0.1, -0.05) is 13.3 Å². The van der Waals surface area contributed by atoms with Crippen molar-refractivity contribution in [1.82, 2.24) is 15.1 Å². The zero-order chi connectivity index (χ0) is 16.0. The third-order valence-electron chi connectivity index (χ3n) is 4.16. The van der Waals surface area contributed by atoms with Gasteiger partial charge in [-0.25, -0.2) is 4.79 Å². The Morgan fingerprint density at radius 3 is 2.29 bits per heavy atom. The van der Waals surface area contributed by atoms with Crippen molar-refractivity contribution in [2.75, 3.05) is 33.7 Å². The fourth-order valence-electron chi connectivity index (χ4n) is 2.78. The summed E-state index contributed by atoms with van der Waals surface area (Å²) in [6.45, 7) is 2.82. The van der Waals surface area contributed by atoms with Gasteiger partial charge in [0.2, 0.25) is 5.91 Å². The van der Waals surface area contributed by atoms with Crippen LogP contribution in [-0.2, 0) is 9.59 Å². The molecule has 0 spiro atoms. The number of piperidine rings is 1. The lowest BCUT2D eigenvalue weighted by molar-refractivity contribution is -0.152. The summed E-state index contributed by atoms with van der Waals surface area (Å²) >= 11 is 0. The second kappa shape index (κ2) is 7.28. The Morgan fingerprint density at radius 1 is 1.29 bits per heavy atom. The van der Waals surface area contributed by atoms with Gasteiger partial charge in [0.05, 0.1) is 5.41 Å². The predicted molar refractivity (Wildman–Crippen MR) is 77.9 cm³/mol. The molecule has 1 aliphatic heterocycles. The fraction of sp³-hybridized carbons (Fsp3) is 0.786. The number of rotatable bonds is 5. The van der Waals surface area contributed by atoms with E-state index < -0.39 is 11.4 Å². The molecule has 0 bridgehead atoms. The number of amides is 3. The van der Waals surface area contributed by atoms with Crippen molar-refractivity contribution in [3.63, 3.8) is 0 Å². The summed E-state index contributed by atoms with van der Waals surface area (Å²) < 4.78 is 0. The maximum atomic E-state index is 12.2. The number of urea groups is 1. The summed E-state index contributed by atoms with van der Waals surface area (Å²) in [6, 6.07) is -0.228. The third kappa shape index (κ3) is 4.09. The normalized spacial score (nSPS) is 17.2. The van der Waals surface area contributed by atoms with Crippen molar-refractivity contribution in [3.05, 3.63) is 0 Å². The van der Waals surface area contributed by atoms with Gasteiger partial charge in [0.25, 0.3) is 0 Å². The molecule has 1 saturated heterocycles. The Morgan fingerprint density at radius 2 is 1.86 bits per heavy atom. The number of carbonyl (C=O) groups is 3. The monoisotopic (exact) mass is 299 g/mol. The SMILES string of the molecule is CCCC1(C(=O)O)CCN(C(=O)N(C)CC(=O)NC)CC1. The molecule has 0 radical (unpaired) electrons. The van der Waals surface area contributed by atoms with Gasteiger partial charge in [-0.15, -0.1) is 0 Å². The minimum Gasteiger partial charge on any atom is -0.481 e. The largest absolute Gasteiger partial charge is 0.481 e. The van der Waals surface area contributed by atoms with Gasteiger partial charge >= 0.3 is 12.0 Å². The van der Waals surface area contributed by atoms with Gasteiger partial charge in [0, 0.05) is 27.2 Å². The highest BCUT2D eigenvalue weighted by Gasteiger charge is 2.41. The Hall–Kier alpha value is -1.79. The first-order chi connectivity index (χ1) is 9.86. The number of likely N-dealkylation sites (tertiary alicyclic amines) is 1. The number of nitrogens with one attached hydrogen (secondary N) is 1. The van der Waals surface area contributed by atoms with E-state index in [2.05, 4.69) is 5.32 Å². The van der Waals surface area contributed by atoms with Crippen molar-refractivity contribution >= 4 is 17.9 Å². The van der Waals surface area contributed by atoms with E-state index in [4.69, 9.17) is 0 Å². The fourth-order valence-corrected chi connectivity index (χ4v) is 2.78. The standard InChI is InChI=1S/C14H25N3O4/c1-4-5-14(12(19)20)6-8-17(9-7-14)13(21)16(3)10-11(18)15-2/h4-10H2,1-3H3,(H,15,18)(H,19,20). The van der Waals surface area contributed by atoms with E-state index in [1.54, 1.807) is 11.9 Å². The Labute approximate surface area is 125 Å². The highest BCUT2D eigenvalue weighted by atomic mass is 16.4. The van der Waals surface area contributed by atoms with Gasteiger partial charge in [-0.2, -0.15) is 0 Å². The average molecular weight is 299 g/mol. The Bertz CT molecular complexity index is 403. The van der Waals surface area contributed by atoms with Crippen LogP contribution < -0.4 is 5.32 Å².